The van der Waals surface area contributed by atoms with Crippen molar-refractivity contribution in [2.45, 2.75) is 76.5 Å². The van der Waals surface area contributed by atoms with Crippen LogP contribution in [0, 0.1) is 10.1 Å². The van der Waals surface area contributed by atoms with Crippen LogP contribution in [0.15, 0.2) is 53.9 Å². The van der Waals surface area contributed by atoms with Gasteiger partial charge in [-0.25, -0.2) is 10.1 Å². The summed E-state index contributed by atoms with van der Waals surface area (Å²) in [7, 11) is 1.65. The molecule has 1 saturated carbocycles. The first-order chi connectivity index (χ1) is 15.5. The Kier molecular flexibility index (Phi) is 8.97. The van der Waals surface area contributed by atoms with Crippen molar-refractivity contribution in [1.82, 2.24) is 10.3 Å². The Morgan fingerprint density at radius 3 is 2.53 bits per heavy atom. The Morgan fingerprint density at radius 1 is 1.19 bits per heavy atom. The lowest BCUT2D eigenvalue weighted by atomic mass is 9.83. The van der Waals surface area contributed by atoms with Crippen LogP contribution < -0.4 is 5.43 Å². The third-order valence-corrected chi connectivity index (χ3v) is 6.83. The molecule has 32 heavy (non-hydrogen) atoms. The van der Waals surface area contributed by atoms with Crippen LogP contribution in [0.3, 0.4) is 0 Å². The summed E-state index contributed by atoms with van der Waals surface area (Å²) in [6.07, 6.45) is 10.1. The van der Waals surface area contributed by atoms with Crippen molar-refractivity contribution in [2.24, 2.45) is 0 Å². The maximum Gasteiger partial charge on any atom is 0.157 e. The van der Waals surface area contributed by atoms with E-state index in [1.807, 2.05) is 13.0 Å². The van der Waals surface area contributed by atoms with E-state index in [1.54, 1.807) is 7.11 Å². The molecule has 1 aromatic carbocycles. The van der Waals surface area contributed by atoms with E-state index in [9.17, 15) is 10.1 Å². The highest BCUT2D eigenvalue weighted by Crippen LogP contribution is 2.34. The zero-order chi connectivity index (χ0) is 22.9. The third kappa shape index (κ3) is 6.48. The van der Waals surface area contributed by atoms with Gasteiger partial charge in [-0.15, -0.1) is 5.43 Å². The average Bonchev–Trinajstić information content (AvgIpc) is 3.20. The van der Waals surface area contributed by atoms with Crippen molar-refractivity contribution < 1.29 is 14.5 Å². The quantitative estimate of drug-likeness (QED) is 0.242. The van der Waals surface area contributed by atoms with E-state index in [2.05, 4.69) is 53.7 Å². The fourth-order valence-corrected chi connectivity index (χ4v) is 4.92. The van der Waals surface area contributed by atoms with Gasteiger partial charge in [-0.2, -0.15) is 0 Å². The summed E-state index contributed by atoms with van der Waals surface area (Å²) in [5.41, 5.74) is 5.09. The van der Waals surface area contributed by atoms with Gasteiger partial charge < -0.3 is 14.4 Å². The predicted octanol–water partition coefficient (Wildman–Crippen LogP) is 4.80. The molecule has 1 aliphatic carbocycles. The highest BCUT2D eigenvalue weighted by Gasteiger charge is 2.38. The summed E-state index contributed by atoms with van der Waals surface area (Å²) in [4.78, 5) is 13.4. The molecule has 1 aliphatic heterocycles. The normalized spacial score (nSPS) is 26.8. The molecule has 7 nitrogen and oxygen atoms in total. The molecule has 1 heterocycles. The smallest absolute Gasteiger partial charge is 0.157 e. The second kappa shape index (κ2) is 11.9. The summed E-state index contributed by atoms with van der Waals surface area (Å²) in [5, 5.41) is 10.8. The zero-order valence-corrected chi connectivity index (χ0v) is 19.5. The number of hydrogen-bond acceptors (Lipinski definition) is 5. The van der Waals surface area contributed by atoms with Crippen LogP contribution in [0.25, 0.3) is 0 Å². The van der Waals surface area contributed by atoms with Gasteiger partial charge in [0.2, 0.25) is 0 Å². The first-order valence-electron chi connectivity index (χ1n) is 11.8. The molecule has 0 radical (unpaired) electrons. The number of hydrogen-bond donors (Lipinski definition) is 1. The van der Waals surface area contributed by atoms with E-state index in [-0.39, 0.29) is 18.2 Å². The predicted molar refractivity (Wildman–Crippen MR) is 126 cm³/mol. The van der Waals surface area contributed by atoms with Crippen LogP contribution >= 0.6 is 0 Å². The van der Waals surface area contributed by atoms with Gasteiger partial charge in [0, 0.05) is 12.2 Å². The number of allylic oxidation sites excluding steroid dienone is 4. The molecule has 0 aromatic heterocycles. The van der Waals surface area contributed by atoms with E-state index in [4.69, 9.17) is 9.47 Å². The Balaban J connectivity index is 1.62. The van der Waals surface area contributed by atoms with E-state index in [0.717, 1.165) is 56.5 Å². The third-order valence-electron chi connectivity index (χ3n) is 6.83. The Morgan fingerprint density at radius 2 is 1.91 bits per heavy atom. The molecule has 2 aliphatic rings. The standard InChI is InChI=1S/C25H37N3O4/c1-4-22(13-10-19(2)31-3)27-17-16-24(26-28(29)30)25(27)18-32-23-14-11-21(12-15-23)20-8-6-5-7-9-20/h5-10,13,21,23-26H,4,11-12,14-18H2,1-3H3/b19-10+,22-13+. The molecule has 2 fully saturated rings. The van der Waals surface area contributed by atoms with Gasteiger partial charge in [0.05, 0.1) is 31.6 Å². The molecular formula is C25H37N3O4. The SMILES string of the molecule is CC/C(=C\C=C(/C)OC)N1CCC(N[N+](=O)[O-])C1COC1CCC(c2ccccc2)CC1. The summed E-state index contributed by atoms with van der Waals surface area (Å²) in [6.45, 7) is 5.30. The summed E-state index contributed by atoms with van der Waals surface area (Å²) < 4.78 is 11.6. The number of nitro groups is 1. The van der Waals surface area contributed by atoms with Crippen molar-refractivity contribution in [3.05, 3.63) is 69.6 Å². The topological polar surface area (TPSA) is 76.9 Å². The fraction of sp³-hybridized carbons (Fsp3) is 0.600. The maximum atomic E-state index is 11.2. The molecule has 2 atom stereocenters. The Labute approximate surface area is 191 Å². The van der Waals surface area contributed by atoms with Gasteiger partial charge in [0.25, 0.3) is 0 Å². The number of ether oxygens (including phenoxy) is 2. The summed E-state index contributed by atoms with van der Waals surface area (Å²) >= 11 is 0. The van der Waals surface area contributed by atoms with Gasteiger partial charge in [0.15, 0.2) is 5.03 Å². The van der Waals surface area contributed by atoms with Crippen LogP contribution in [0.1, 0.15) is 63.9 Å². The van der Waals surface area contributed by atoms with Gasteiger partial charge in [0.1, 0.15) is 6.04 Å². The number of rotatable bonds is 10. The van der Waals surface area contributed by atoms with Gasteiger partial charge in [-0.05, 0) is 69.1 Å². The highest BCUT2D eigenvalue weighted by molar-refractivity contribution is 5.20. The minimum Gasteiger partial charge on any atom is -0.501 e. The molecule has 0 amide bonds. The first kappa shape index (κ1) is 24.1. The van der Waals surface area contributed by atoms with Crippen LogP contribution in [-0.2, 0) is 9.47 Å². The molecule has 176 valence electrons. The van der Waals surface area contributed by atoms with Crippen molar-refractivity contribution in [3.63, 3.8) is 0 Å². The number of nitrogens with one attached hydrogen (secondary N) is 1. The average molecular weight is 444 g/mol. The lowest BCUT2D eigenvalue weighted by molar-refractivity contribution is -0.551. The molecule has 7 heteroatoms. The number of likely N-dealkylation sites (tertiary alicyclic amines) is 1. The Bertz CT molecular complexity index is 788. The van der Waals surface area contributed by atoms with Crippen molar-refractivity contribution in [2.75, 3.05) is 20.3 Å². The molecule has 1 N–H and O–H groups in total. The van der Waals surface area contributed by atoms with Crippen LogP contribution in [-0.4, -0.2) is 48.4 Å². The minimum atomic E-state index is -0.420. The lowest BCUT2D eigenvalue weighted by Gasteiger charge is -2.34. The molecular weight excluding hydrogens is 406 g/mol. The highest BCUT2D eigenvalue weighted by atomic mass is 16.7. The largest absolute Gasteiger partial charge is 0.501 e. The van der Waals surface area contributed by atoms with Crippen molar-refractivity contribution in [1.29, 1.82) is 0 Å². The second-order valence-electron chi connectivity index (χ2n) is 8.75. The molecule has 0 spiro atoms. The van der Waals surface area contributed by atoms with Gasteiger partial charge in [-0.1, -0.05) is 37.3 Å². The van der Waals surface area contributed by atoms with E-state index < -0.39 is 5.03 Å². The number of nitrogens with zero attached hydrogens (tertiary/aromatic N) is 2. The Hall–Kier alpha value is -2.54. The molecule has 0 bridgehead atoms. The van der Waals surface area contributed by atoms with E-state index in [0.29, 0.717) is 12.5 Å². The number of benzene rings is 1. The lowest BCUT2D eigenvalue weighted by Crippen LogP contribution is -2.47. The van der Waals surface area contributed by atoms with E-state index in [1.165, 1.54) is 5.56 Å². The monoisotopic (exact) mass is 443 g/mol. The van der Waals surface area contributed by atoms with Crippen molar-refractivity contribution in [3.8, 4) is 0 Å². The van der Waals surface area contributed by atoms with E-state index >= 15 is 0 Å². The molecule has 1 saturated heterocycles. The molecule has 3 rings (SSSR count). The second-order valence-corrected chi connectivity index (χ2v) is 8.75. The van der Waals surface area contributed by atoms with Crippen LogP contribution in [0.4, 0.5) is 0 Å². The zero-order valence-electron chi connectivity index (χ0n) is 19.5. The van der Waals surface area contributed by atoms with Gasteiger partial charge in [-0.3, -0.25) is 0 Å². The maximum absolute atomic E-state index is 11.2. The van der Waals surface area contributed by atoms with Crippen LogP contribution in [0.2, 0.25) is 0 Å². The fourth-order valence-electron chi connectivity index (χ4n) is 4.92. The number of methoxy groups -OCH3 is 1. The van der Waals surface area contributed by atoms with Crippen molar-refractivity contribution >= 4 is 0 Å². The summed E-state index contributed by atoms with van der Waals surface area (Å²) in [6, 6.07) is 10.4. The molecule has 2 unspecified atom stereocenters. The number of hydrazine groups is 1. The minimum absolute atomic E-state index is 0.0605. The molecule has 1 aromatic rings. The summed E-state index contributed by atoms with van der Waals surface area (Å²) in [5.74, 6) is 1.44. The van der Waals surface area contributed by atoms with Gasteiger partial charge >= 0.3 is 0 Å². The first-order valence-corrected chi connectivity index (χ1v) is 11.8. The van der Waals surface area contributed by atoms with Crippen LogP contribution in [0.5, 0.6) is 0 Å².